The molecular formula is C34H35ClN10O4S2. The summed E-state index contributed by atoms with van der Waals surface area (Å²) in [6, 6.07) is 16.7. The van der Waals surface area contributed by atoms with Crippen LogP contribution in [0, 0.1) is 22.7 Å². The lowest BCUT2D eigenvalue weighted by Gasteiger charge is -2.17. The van der Waals surface area contributed by atoms with Gasteiger partial charge in [-0.15, -0.1) is 11.3 Å². The molecule has 2 heterocycles. The molecule has 51 heavy (non-hydrogen) atoms. The van der Waals surface area contributed by atoms with Crippen LogP contribution in [-0.2, 0) is 20.1 Å². The standard InChI is InChI=1S/C34H35ClN10O4S2/c1-19(43-30(46)27(38)3-2-12-42-34(40)41)33(47)49-14-13-48-24-10-6-20(7-11-24)28-25(15-36)29(39)45-32(26(28)16-37)51-18-23-17-50-31(44-23)21-4-8-22(35)9-5-21/h4-11,17,19,27H,2-3,12-14,18,38H2,1H3,(H2,39,45)(H,43,46)(H4,40,41,42). The first-order valence-corrected chi connectivity index (χ1v) is 17.7. The van der Waals surface area contributed by atoms with Gasteiger partial charge in [0.15, 0.2) is 5.96 Å². The highest BCUT2D eigenvalue weighted by Crippen LogP contribution is 2.37. The number of amides is 1. The minimum atomic E-state index is -0.923. The number of halogens is 1. The summed E-state index contributed by atoms with van der Waals surface area (Å²) >= 11 is 8.80. The molecule has 0 spiro atoms. The van der Waals surface area contributed by atoms with Crippen molar-refractivity contribution in [1.82, 2.24) is 15.3 Å². The number of carbonyl (C=O) groups is 2. The van der Waals surface area contributed by atoms with E-state index in [4.69, 9.17) is 49.0 Å². The zero-order chi connectivity index (χ0) is 36.9. The fraction of sp³-hybridized carbons (Fsp3) is 0.265. The molecule has 1 amide bonds. The van der Waals surface area contributed by atoms with Crippen LogP contribution in [0.4, 0.5) is 5.82 Å². The van der Waals surface area contributed by atoms with Crippen molar-refractivity contribution in [2.75, 3.05) is 25.5 Å². The average molecular weight is 747 g/mol. The molecule has 0 aliphatic carbocycles. The molecule has 0 radical (unpaired) electrons. The molecule has 4 rings (SSSR count). The van der Waals surface area contributed by atoms with E-state index in [1.54, 1.807) is 36.4 Å². The van der Waals surface area contributed by atoms with Crippen molar-refractivity contribution in [3.05, 3.63) is 75.8 Å². The maximum atomic E-state index is 12.4. The number of aliphatic imine (C=N–C) groups is 1. The van der Waals surface area contributed by atoms with Gasteiger partial charge in [-0.05, 0) is 49.6 Å². The molecule has 0 bridgehead atoms. The highest BCUT2D eigenvalue weighted by molar-refractivity contribution is 7.98. The molecule has 0 saturated carbocycles. The summed E-state index contributed by atoms with van der Waals surface area (Å²) in [6.07, 6.45) is 0.836. The highest BCUT2D eigenvalue weighted by atomic mass is 35.5. The molecule has 2 atom stereocenters. The molecule has 2 aromatic carbocycles. The van der Waals surface area contributed by atoms with Gasteiger partial charge >= 0.3 is 5.97 Å². The Morgan fingerprint density at radius 1 is 1.04 bits per heavy atom. The minimum absolute atomic E-state index is 0.00604. The van der Waals surface area contributed by atoms with Gasteiger partial charge in [-0.1, -0.05) is 47.6 Å². The maximum Gasteiger partial charge on any atom is 0.328 e. The smallest absolute Gasteiger partial charge is 0.328 e. The second kappa shape index (κ2) is 18.6. The lowest BCUT2D eigenvalue weighted by atomic mass is 9.97. The van der Waals surface area contributed by atoms with Crippen molar-refractivity contribution in [2.45, 2.75) is 42.6 Å². The third kappa shape index (κ3) is 10.8. The molecule has 9 N–H and O–H groups in total. The van der Waals surface area contributed by atoms with Crippen molar-refractivity contribution in [2.24, 2.45) is 22.2 Å². The Morgan fingerprint density at radius 2 is 1.73 bits per heavy atom. The van der Waals surface area contributed by atoms with E-state index in [0.29, 0.717) is 52.1 Å². The van der Waals surface area contributed by atoms with Gasteiger partial charge in [0.05, 0.1) is 17.3 Å². The quantitative estimate of drug-likeness (QED) is 0.0358. The summed E-state index contributed by atoms with van der Waals surface area (Å²) in [5, 5.41) is 26.4. The van der Waals surface area contributed by atoms with Gasteiger partial charge in [-0.2, -0.15) is 10.5 Å². The summed E-state index contributed by atoms with van der Waals surface area (Å²) in [5.41, 5.74) is 25.6. The summed E-state index contributed by atoms with van der Waals surface area (Å²) in [4.78, 5) is 37.6. The number of thiazole rings is 1. The van der Waals surface area contributed by atoms with E-state index in [0.717, 1.165) is 16.3 Å². The number of hydrogen-bond acceptors (Lipinski definition) is 13. The second-order valence-electron chi connectivity index (χ2n) is 10.9. The van der Waals surface area contributed by atoms with E-state index >= 15 is 0 Å². The number of benzene rings is 2. The number of nitrogens with one attached hydrogen (secondary N) is 1. The predicted molar refractivity (Wildman–Crippen MR) is 198 cm³/mol. The minimum Gasteiger partial charge on any atom is -0.490 e. The number of carbonyl (C=O) groups excluding carboxylic acids is 2. The Kier molecular flexibility index (Phi) is 14.0. The number of guanidine groups is 1. The number of anilines is 1. The molecule has 14 nitrogen and oxygen atoms in total. The number of hydrogen-bond donors (Lipinski definition) is 5. The molecule has 2 unspecified atom stereocenters. The topological polar surface area (TPSA) is 254 Å². The molecule has 0 aliphatic rings. The highest BCUT2D eigenvalue weighted by Gasteiger charge is 2.22. The van der Waals surface area contributed by atoms with Gasteiger partial charge in [0.1, 0.15) is 58.6 Å². The molecule has 4 aromatic rings. The number of rotatable bonds is 16. The van der Waals surface area contributed by atoms with E-state index in [2.05, 4.69) is 27.4 Å². The Bertz CT molecular complexity index is 1950. The van der Waals surface area contributed by atoms with Crippen LogP contribution in [-0.4, -0.2) is 59.6 Å². The van der Waals surface area contributed by atoms with Crippen molar-refractivity contribution < 1.29 is 19.1 Å². The van der Waals surface area contributed by atoms with Crippen LogP contribution in [0.3, 0.4) is 0 Å². The predicted octanol–water partition coefficient (Wildman–Crippen LogP) is 3.95. The van der Waals surface area contributed by atoms with E-state index in [-0.39, 0.29) is 36.1 Å². The lowest BCUT2D eigenvalue weighted by Crippen LogP contribution is -2.47. The van der Waals surface area contributed by atoms with E-state index < -0.39 is 24.0 Å². The lowest BCUT2D eigenvalue weighted by molar-refractivity contribution is -0.148. The molecular weight excluding hydrogens is 712 g/mol. The number of aromatic nitrogens is 2. The fourth-order valence-corrected chi connectivity index (χ4v) is 6.55. The van der Waals surface area contributed by atoms with Gasteiger partial charge in [0, 0.05) is 33.8 Å². The fourth-order valence-electron chi connectivity index (χ4n) is 4.61. The van der Waals surface area contributed by atoms with Crippen LogP contribution >= 0.6 is 34.7 Å². The third-order valence-electron chi connectivity index (χ3n) is 7.17. The monoisotopic (exact) mass is 746 g/mol. The van der Waals surface area contributed by atoms with Crippen LogP contribution in [0.2, 0.25) is 5.02 Å². The molecule has 0 saturated heterocycles. The second-order valence-corrected chi connectivity index (χ2v) is 13.2. The molecule has 264 valence electrons. The van der Waals surface area contributed by atoms with Crippen molar-refractivity contribution in [3.63, 3.8) is 0 Å². The number of nitrogen functional groups attached to an aromatic ring is 1. The van der Waals surface area contributed by atoms with Gasteiger partial charge in [0.25, 0.3) is 0 Å². The van der Waals surface area contributed by atoms with Crippen LogP contribution in [0.25, 0.3) is 21.7 Å². The third-order valence-corrected chi connectivity index (χ3v) is 9.37. The Hall–Kier alpha value is -5.39. The summed E-state index contributed by atoms with van der Waals surface area (Å²) in [5.74, 6) is -0.298. The zero-order valence-electron chi connectivity index (χ0n) is 27.5. The van der Waals surface area contributed by atoms with Crippen molar-refractivity contribution >= 4 is 58.4 Å². The van der Waals surface area contributed by atoms with Crippen molar-refractivity contribution in [3.8, 4) is 39.6 Å². The zero-order valence-corrected chi connectivity index (χ0v) is 29.9. The van der Waals surface area contributed by atoms with E-state index in [1.807, 2.05) is 17.5 Å². The van der Waals surface area contributed by atoms with Crippen LogP contribution < -0.4 is 33.0 Å². The summed E-state index contributed by atoms with van der Waals surface area (Å²) < 4.78 is 10.9. The molecule has 0 fully saturated rings. The Morgan fingerprint density at radius 3 is 2.39 bits per heavy atom. The number of nitrogens with two attached hydrogens (primary N) is 4. The normalized spacial score (nSPS) is 11.8. The van der Waals surface area contributed by atoms with Crippen molar-refractivity contribution in [1.29, 1.82) is 10.5 Å². The number of pyridine rings is 1. The van der Waals surface area contributed by atoms with Crippen LogP contribution in [0.5, 0.6) is 5.75 Å². The first kappa shape index (κ1) is 38.4. The number of nitriles is 2. The van der Waals surface area contributed by atoms with Gasteiger partial charge in [0.2, 0.25) is 5.91 Å². The number of nitrogens with zero attached hydrogens (tertiary/aromatic N) is 5. The number of esters is 1. The maximum absolute atomic E-state index is 12.4. The van der Waals surface area contributed by atoms with E-state index in [9.17, 15) is 20.1 Å². The van der Waals surface area contributed by atoms with Crippen LogP contribution in [0.15, 0.2) is 63.9 Å². The van der Waals surface area contributed by atoms with Gasteiger partial charge in [-0.25, -0.2) is 14.8 Å². The number of ether oxygens (including phenoxy) is 2. The first-order valence-electron chi connectivity index (χ1n) is 15.5. The summed E-state index contributed by atoms with van der Waals surface area (Å²) in [6.45, 7) is 1.78. The summed E-state index contributed by atoms with van der Waals surface area (Å²) in [7, 11) is 0. The SMILES string of the molecule is CC(NC(=O)C(N)CCCN=C(N)N)C(=O)OCCOc1ccc(-c2c(C#N)c(N)nc(SCc3csc(-c4ccc(Cl)cc4)n3)c2C#N)cc1. The first-order chi connectivity index (χ1) is 24.5. The van der Waals surface area contributed by atoms with Gasteiger partial charge < -0.3 is 37.7 Å². The molecule has 0 aliphatic heterocycles. The van der Waals surface area contributed by atoms with Gasteiger partial charge in [-0.3, -0.25) is 9.79 Å². The Labute approximate surface area is 307 Å². The molecule has 2 aromatic heterocycles. The molecule has 17 heteroatoms. The van der Waals surface area contributed by atoms with Crippen LogP contribution in [0.1, 0.15) is 36.6 Å². The Balaban J connectivity index is 1.33. The van der Waals surface area contributed by atoms with E-state index in [1.165, 1.54) is 30.0 Å². The average Bonchev–Trinajstić information content (AvgIpc) is 3.60. The number of thioether (sulfide) groups is 1. The largest absolute Gasteiger partial charge is 0.490 e.